The van der Waals surface area contributed by atoms with Crippen LogP contribution in [-0.4, -0.2) is 4.57 Å². The molecular formula is C17H21NO. The first-order chi connectivity index (χ1) is 9.08. The average Bonchev–Trinajstić information content (AvgIpc) is 2.39. The van der Waals surface area contributed by atoms with Gasteiger partial charge in [0.25, 0.3) is 5.56 Å². The van der Waals surface area contributed by atoms with Crippen LogP contribution < -0.4 is 5.56 Å². The van der Waals surface area contributed by atoms with Crippen LogP contribution in [-0.2, 0) is 6.42 Å². The quantitative estimate of drug-likeness (QED) is 0.817. The molecule has 0 spiro atoms. The minimum Gasteiger partial charge on any atom is -0.308 e. The van der Waals surface area contributed by atoms with Crippen LogP contribution in [0, 0.1) is 5.92 Å². The summed E-state index contributed by atoms with van der Waals surface area (Å²) in [6, 6.07) is 13.9. The van der Waals surface area contributed by atoms with Crippen LogP contribution in [0.4, 0.5) is 0 Å². The van der Waals surface area contributed by atoms with Crippen molar-refractivity contribution in [2.45, 2.75) is 33.2 Å². The molecule has 0 saturated carbocycles. The summed E-state index contributed by atoms with van der Waals surface area (Å²) < 4.78 is 1.76. The molecule has 0 saturated heterocycles. The van der Waals surface area contributed by atoms with Crippen molar-refractivity contribution in [3.05, 3.63) is 70.1 Å². The molecule has 1 atom stereocenters. The van der Waals surface area contributed by atoms with Gasteiger partial charge >= 0.3 is 0 Å². The number of hydrogen-bond acceptors (Lipinski definition) is 1. The molecule has 100 valence electrons. The van der Waals surface area contributed by atoms with E-state index >= 15 is 0 Å². The van der Waals surface area contributed by atoms with E-state index in [0.29, 0.717) is 5.92 Å². The van der Waals surface area contributed by atoms with E-state index < -0.39 is 0 Å². The molecule has 0 radical (unpaired) electrons. The molecule has 0 N–H and O–H groups in total. The van der Waals surface area contributed by atoms with Gasteiger partial charge in [0.2, 0.25) is 0 Å². The Balaban J connectivity index is 2.23. The molecule has 0 bridgehead atoms. The maximum Gasteiger partial charge on any atom is 0.251 e. The van der Waals surface area contributed by atoms with Crippen molar-refractivity contribution in [1.29, 1.82) is 0 Å². The SMILES string of the molecule is CC(C)Cc1ccc(C(C)n2ccccc2=O)cc1. The van der Waals surface area contributed by atoms with Gasteiger partial charge in [-0.3, -0.25) is 4.79 Å². The fraction of sp³-hybridized carbons (Fsp3) is 0.353. The van der Waals surface area contributed by atoms with Gasteiger partial charge in [-0.05, 0) is 36.5 Å². The van der Waals surface area contributed by atoms with Crippen molar-refractivity contribution in [1.82, 2.24) is 4.57 Å². The monoisotopic (exact) mass is 255 g/mol. The summed E-state index contributed by atoms with van der Waals surface area (Å²) in [5.74, 6) is 0.667. The first kappa shape index (κ1) is 13.6. The molecule has 1 unspecified atom stereocenters. The van der Waals surface area contributed by atoms with Crippen LogP contribution in [0.2, 0.25) is 0 Å². The first-order valence-electron chi connectivity index (χ1n) is 6.84. The number of pyridine rings is 1. The molecule has 0 aliphatic heterocycles. The van der Waals surface area contributed by atoms with Crippen molar-refractivity contribution in [3.63, 3.8) is 0 Å². The van der Waals surface area contributed by atoms with Gasteiger partial charge in [0.15, 0.2) is 0 Å². The highest BCUT2D eigenvalue weighted by Gasteiger charge is 2.08. The van der Waals surface area contributed by atoms with Crippen molar-refractivity contribution in [3.8, 4) is 0 Å². The third-order valence-electron chi connectivity index (χ3n) is 3.37. The van der Waals surface area contributed by atoms with Crippen molar-refractivity contribution >= 4 is 0 Å². The lowest BCUT2D eigenvalue weighted by Crippen LogP contribution is -2.21. The van der Waals surface area contributed by atoms with Gasteiger partial charge < -0.3 is 4.57 Å². The fourth-order valence-electron chi connectivity index (χ4n) is 2.32. The maximum atomic E-state index is 11.8. The third kappa shape index (κ3) is 3.34. The molecule has 2 aromatic rings. The second kappa shape index (κ2) is 5.87. The molecule has 19 heavy (non-hydrogen) atoms. The Bertz CT molecular complexity index is 581. The van der Waals surface area contributed by atoms with Crippen molar-refractivity contribution in [2.24, 2.45) is 5.92 Å². The average molecular weight is 255 g/mol. The Kier molecular flexibility index (Phi) is 4.20. The van der Waals surface area contributed by atoms with Crippen molar-refractivity contribution < 1.29 is 0 Å². The number of nitrogens with zero attached hydrogens (tertiary/aromatic N) is 1. The Morgan fingerprint density at radius 1 is 1.00 bits per heavy atom. The molecule has 1 aromatic carbocycles. The van der Waals surface area contributed by atoms with Crippen LogP contribution >= 0.6 is 0 Å². The Labute approximate surface area is 114 Å². The molecular weight excluding hydrogens is 234 g/mol. The van der Waals surface area contributed by atoms with Gasteiger partial charge in [0, 0.05) is 12.3 Å². The van der Waals surface area contributed by atoms with Gasteiger partial charge in [-0.25, -0.2) is 0 Å². The zero-order valence-electron chi connectivity index (χ0n) is 11.8. The summed E-state index contributed by atoms with van der Waals surface area (Å²) in [4.78, 5) is 11.8. The van der Waals surface area contributed by atoms with Gasteiger partial charge in [0.1, 0.15) is 0 Å². The van der Waals surface area contributed by atoms with Gasteiger partial charge in [-0.2, -0.15) is 0 Å². The van der Waals surface area contributed by atoms with E-state index in [9.17, 15) is 4.79 Å². The highest BCUT2D eigenvalue weighted by molar-refractivity contribution is 5.25. The second-order valence-corrected chi connectivity index (χ2v) is 5.46. The molecule has 0 fully saturated rings. The number of aromatic nitrogens is 1. The molecule has 0 aliphatic carbocycles. The van der Waals surface area contributed by atoms with E-state index in [2.05, 4.69) is 45.0 Å². The topological polar surface area (TPSA) is 22.0 Å². The highest BCUT2D eigenvalue weighted by Crippen LogP contribution is 2.18. The lowest BCUT2D eigenvalue weighted by molar-refractivity contribution is 0.613. The van der Waals surface area contributed by atoms with Gasteiger partial charge in [0.05, 0.1) is 6.04 Å². The molecule has 1 aromatic heterocycles. The highest BCUT2D eigenvalue weighted by atomic mass is 16.1. The minimum atomic E-state index is 0.0428. The van der Waals surface area contributed by atoms with Gasteiger partial charge in [-0.1, -0.05) is 44.2 Å². The summed E-state index contributed by atoms with van der Waals surface area (Å²) >= 11 is 0. The van der Waals surface area contributed by atoms with E-state index in [-0.39, 0.29) is 11.6 Å². The predicted octanol–water partition coefficient (Wildman–Crippen LogP) is 3.66. The number of benzene rings is 1. The predicted molar refractivity (Wildman–Crippen MR) is 79.5 cm³/mol. The van der Waals surface area contributed by atoms with Gasteiger partial charge in [-0.15, -0.1) is 0 Å². The largest absolute Gasteiger partial charge is 0.308 e. The van der Waals surface area contributed by atoms with E-state index in [1.807, 2.05) is 12.3 Å². The van der Waals surface area contributed by atoms with E-state index in [1.165, 1.54) is 11.1 Å². The zero-order valence-corrected chi connectivity index (χ0v) is 11.8. The summed E-state index contributed by atoms with van der Waals surface area (Å²) in [5.41, 5.74) is 2.56. The molecule has 2 rings (SSSR count). The van der Waals surface area contributed by atoms with Crippen LogP contribution in [0.25, 0.3) is 0 Å². The third-order valence-corrected chi connectivity index (χ3v) is 3.37. The van der Waals surface area contributed by atoms with Crippen LogP contribution in [0.1, 0.15) is 37.9 Å². The molecule has 2 heteroatoms. The molecule has 0 aliphatic rings. The van der Waals surface area contributed by atoms with E-state index in [1.54, 1.807) is 16.7 Å². The lowest BCUT2D eigenvalue weighted by atomic mass is 10.00. The zero-order chi connectivity index (χ0) is 13.8. The maximum absolute atomic E-state index is 11.8. The number of hydrogen-bond donors (Lipinski definition) is 0. The smallest absolute Gasteiger partial charge is 0.251 e. The van der Waals surface area contributed by atoms with Crippen LogP contribution in [0.15, 0.2) is 53.5 Å². The molecule has 0 amide bonds. The molecule has 1 heterocycles. The second-order valence-electron chi connectivity index (χ2n) is 5.46. The summed E-state index contributed by atoms with van der Waals surface area (Å²) in [5, 5.41) is 0. The summed E-state index contributed by atoms with van der Waals surface area (Å²) in [6.07, 6.45) is 2.94. The fourth-order valence-corrected chi connectivity index (χ4v) is 2.32. The number of rotatable bonds is 4. The van der Waals surface area contributed by atoms with Crippen LogP contribution in [0.3, 0.4) is 0 Å². The Morgan fingerprint density at radius 2 is 1.68 bits per heavy atom. The Hall–Kier alpha value is -1.83. The standard InChI is InChI=1S/C17H21NO/c1-13(2)12-15-7-9-16(10-8-15)14(3)18-11-5-4-6-17(18)19/h4-11,13-14H,12H2,1-3H3. The minimum absolute atomic E-state index is 0.0428. The van der Waals surface area contributed by atoms with Crippen LogP contribution in [0.5, 0.6) is 0 Å². The normalized spacial score (nSPS) is 12.6. The molecule has 2 nitrogen and oxygen atoms in total. The van der Waals surface area contributed by atoms with E-state index in [4.69, 9.17) is 0 Å². The van der Waals surface area contributed by atoms with E-state index in [0.717, 1.165) is 6.42 Å². The first-order valence-corrected chi connectivity index (χ1v) is 6.84. The Morgan fingerprint density at radius 3 is 2.26 bits per heavy atom. The lowest BCUT2D eigenvalue weighted by Gasteiger charge is -2.16. The summed E-state index contributed by atoms with van der Waals surface area (Å²) in [6.45, 7) is 6.50. The van der Waals surface area contributed by atoms with Crippen molar-refractivity contribution in [2.75, 3.05) is 0 Å². The summed E-state index contributed by atoms with van der Waals surface area (Å²) in [7, 11) is 0.